The Bertz CT molecular complexity index is 750. The summed E-state index contributed by atoms with van der Waals surface area (Å²) in [4.78, 5) is 18.1. The molecule has 1 aliphatic rings. The second-order valence-corrected chi connectivity index (χ2v) is 6.68. The van der Waals surface area contributed by atoms with Crippen LogP contribution in [0.15, 0.2) is 22.7 Å². The number of piperidine rings is 1. The molecule has 0 amide bonds. The molecule has 1 N–H and O–H groups in total. The van der Waals surface area contributed by atoms with Crippen molar-refractivity contribution in [1.82, 2.24) is 15.0 Å². The van der Waals surface area contributed by atoms with Gasteiger partial charge in [-0.3, -0.25) is 9.69 Å². The van der Waals surface area contributed by atoms with Crippen LogP contribution in [0.4, 0.5) is 0 Å². The first-order chi connectivity index (χ1) is 11.5. The maximum atomic E-state index is 11.9. The highest BCUT2D eigenvalue weighted by Gasteiger charge is 2.35. The van der Waals surface area contributed by atoms with Crippen LogP contribution >= 0.6 is 23.2 Å². The van der Waals surface area contributed by atoms with E-state index in [4.69, 9.17) is 27.7 Å². The maximum absolute atomic E-state index is 11.9. The van der Waals surface area contributed by atoms with Gasteiger partial charge in [0, 0.05) is 12.1 Å². The molecule has 128 valence electrons. The summed E-state index contributed by atoms with van der Waals surface area (Å²) in [6, 6.07) is 4.20. The van der Waals surface area contributed by atoms with Crippen molar-refractivity contribution in [3.05, 3.63) is 45.5 Å². The minimum Gasteiger partial charge on any atom is -0.480 e. The maximum Gasteiger partial charge on any atom is 0.325 e. The van der Waals surface area contributed by atoms with Crippen LogP contribution in [0.25, 0.3) is 0 Å². The average molecular weight is 370 g/mol. The summed E-state index contributed by atoms with van der Waals surface area (Å²) in [5, 5.41) is 14.2. The number of nitrogens with zero attached hydrogens (tertiary/aromatic N) is 3. The topological polar surface area (TPSA) is 79.5 Å². The number of hydrogen-bond acceptors (Lipinski definition) is 5. The molecule has 2 atom stereocenters. The number of rotatable bonds is 4. The Kier molecular flexibility index (Phi) is 5.08. The van der Waals surface area contributed by atoms with Crippen LogP contribution in [0.1, 0.15) is 42.1 Å². The molecule has 6 nitrogen and oxygen atoms in total. The average Bonchev–Trinajstić information content (AvgIpc) is 2.98. The highest BCUT2D eigenvalue weighted by atomic mass is 35.5. The van der Waals surface area contributed by atoms with Crippen LogP contribution in [-0.4, -0.2) is 39.2 Å². The fourth-order valence-electron chi connectivity index (χ4n) is 3.14. The van der Waals surface area contributed by atoms with Gasteiger partial charge in [0.2, 0.25) is 5.89 Å². The molecule has 8 heteroatoms. The predicted octanol–water partition coefficient (Wildman–Crippen LogP) is 3.69. The van der Waals surface area contributed by atoms with Crippen LogP contribution in [0.5, 0.6) is 0 Å². The van der Waals surface area contributed by atoms with E-state index in [-0.39, 0.29) is 10.9 Å². The molecular formula is C16H17Cl2N3O3. The lowest BCUT2D eigenvalue weighted by molar-refractivity contribution is -0.144. The molecule has 0 bridgehead atoms. The largest absolute Gasteiger partial charge is 0.480 e. The number of benzene rings is 1. The van der Waals surface area contributed by atoms with E-state index in [9.17, 15) is 9.90 Å². The number of hydrogen-bond donors (Lipinski definition) is 1. The molecule has 0 spiro atoms. The van der Waals surface area contributed by atoms with E-state index in [1.165, 1.54) is 0 Å². The van der Waals surface area contributed by atoms with Crippen LogP contribution in [0.2, 0.25) is 10.0 Å². The number of aromatic nitrogens is 2. The fraction of sp³-hybridized carbons (Fsp3) is 0.438. The first-order valence-corrected chi connectivity index (χ1v) is 8.44. The zero-order valence-electron chi connectivity index (χ0n) is 13.1. The Morgan fingerprint density at radius 3 is 2.92 bits per heavy atom. The van der Waals surface area contributed by atoms with Crippen LogP contribution < -0.4 is 0 Å². The fourth-order valence-corrected chi connectivity index (χ4v) is 3.55. The Balaban J connectivity index is 1.88. The molecule has 2 aromatic rings. The quantitative estimate of drug-likeness (QED) is 0.884. The number of likely N-dealkylation sites (tertiary alicyclic amines) is 1. The lowest BCUT2D eigenvalue weighted by Gasteiger charge is -2.35. The van der Waals surface area contributed by atoms with E-state index in [2.05, 4.69) is 10.1 Å². The molecule has 24 heavy (non-hydrogen) atoms. The van der Waals surface area contributed by atoms with Gasteiger partial charge in [-0.15, -0.1) is 0 Å². The number of carbonyl (C=O) groups is 1. The van der Waals surface area contributed by atoms with Gasteiger partial charge in [0.25, 0.3) is 0 Å². The second-order valence-electron chi connectivity index (χ2n) is 5.90. The minimum absolute atomic E-state index is 0.0137. The number of carboxylic acid groups (broad SMARTS) is 1. The van der Waals surface area contributed by atoms with Crippen molar-refractivity contribution >= 4 is 29.2 Å². The highest BCUT2D eigenvalue weighted by Crippen LogP contribution is 2.36. The molecule has 0 saturated carbocycles. The third kappa shape index (κ3) is 3.41. The third-order valence-corrected chi connectivity index (χ3v) is 5.05. The molecule has 1 aliphatic heterocycles. The third-order valence-electron chi connectivity index (χ3n) is 4.22. The van der Waals surface area contributed by atoms with Gasteiger partial charge in [0.15, 0.2) is 5.82 Å². The number of carboxylic acids is 1. The van der Waals surface area contributed by atoms with Gasteiger partial charge in [0.1, 0.15) is 6.04 Å². The first kappa shape index (κ1) is 17.2. The van der Waals surface area contributed by atoms with Gasteiger partial charge in [-0.2, -0.15) is 4.98 Å². The van der Waals surface area contributed by atoms with Crippen molar-refractivity contribution in [2.75, 3.05) is 13.1 Å². The monoisotopic (exact) mass is 369 g/mol. The summed E-state index contributed by atoms with van der Waals surface area (Å²) >= 11 is 12.3. The van der Waals surface area contributed by atoms with Gasteiger partial charge in [-0.1, -0.05) is 40.5 Å². The summed E-state index contributed by atoms with van der Waals surface area (Å²) < 4.78 is 5.26. The molecule has 0 aliphatic carbocycles. The standard InChI is InChI=1S/C16H17Cl2N3O3/c1-9-19-15(24-20-9)10-4-3-7-21(8-10)14(16(22)23)11-5-2-6-12(17)13(11)18/h2,5-6,10,14H,3-4,7-8H2,1H3,(H,22,23). The molecule has 1 aromatic heterocycles. The van der Waals surface area contributed by atoms with Crippen molar-refractivity contribution in [2.45, 2.75) is 31.7 Å². The van der Waals surface area contributed by atoms with Gasteiger partial charge >= 0.3 is 5.97 Å². The highest BCUT2D eigenvalue weighted by molar-refractivity contribution is 6.42. The van der Waals surface area contributed by atoms with E-state index in [1.807, 2.05) is 4.90 Å². The molecule has 3 rings (SSSR count). The van der Waals surface area contributed by atoms with Gasteiger partial charge in [-0.25, -0.2) is 0 Å². The van der Waals surface area contributed by atoms with E-state index >= 15 is 0 Å². The molecule has 0 radical (unpaired) electrons. The Hall–Kier alpha value is -1.63. The smallest absolute Gasteiger partial charge is 0.325 e. The SMILES string of the molecule is Cc1noc(C2CCCN(C(C(=O)O)c3cccc(Cl)c3Cl)C2)n1. The van der Waals surface area contributed by atoms with Gasteiger partial charge < -0.3 is 9.63 Å². The second kappa shape index (κ2) is 7.09. The Morgan fingerprint density at radius 2 is 2.25 bits per heavy atom. The van der Waals surface area contributed by atoms with Crippen molar-refractivity contribution in [1.29, 1.82) is 0 Å². The lowest BCUT2D eigenvalue weighted by atomic mass is 9.94. The summed E-state index contributed by atoms with van der Waals surface area (Å²) in [5.41, 5.74) is 0.499. The summed E-state index contributed by atoms with van der Waals surface area (Å²) in [6.45, 7) is 2.93. The number of halogens is 2. The Labute approximate surface area is 149 Å². The zero-order chi connectivity index (χ0) is 17.3. The molecule has 2 heterocycles. The first-order valence-electron chi connectivity index (χ1n) is 7.68. The van der Waals surface area contributed by atoms with Gasteiger partial charge in [-0.05, 0) is 32.4 Å². The molecule has 1 fully saturated rings. The molecular weight excluding hydrogens is 353 g/mol. The minimum atomic E-state index is -0.957. The van der Waals surface area contributed by atoms with Crippen molar-refractivity contribution in [3.63, 3.8) is 0 Å². The van der Waals surface area contributed by atoms with E-state index < -0.39 is 12.0 Å². The van der Waals surface area contributed by atoms with Crippen LogP contribution in [0, 0.1) is 6.92 Å². The van der Waals surface area contributed by atoms with Crippen molar-refractivity contribution in [2.24, 2.45) is 0 Å². The van der Waals surface area contributed by atoms with Crippen LogP contribution in [0.3, 0.4) is 0 Å². The summed E-state index contributed by atoms with van der Waals surface area (Å²) in [7, 11) is 0. The van der Waals surface area contributed by atoms with Crippen molar-refractivity contribution < 1.29 is 14.4 Å². The Morgan fingerprint density at radius 1 is 1.46 bits per heavy atom. The van der Waals surface area contributed by atoms with Crippen LogP contribution in [-0.2, 0) is 4.79 Å². The van der Waals surface area contributed by atoms with E-state index in [0.717, 1.165) is 12.8 Å². The molecule has 2 unspecified atom stereocenters. The normalized spacial score (nSPS) is 20.0. The number of aryl methyl sites for hydroxylation is 1. The molecule has 1 aromatic carbocycles. The van der Waals surface area contributed by atoms with E-state index in [0.29, 0.717) is 35.4 Å². The molecule has 1 saturated heterocycles. The zero-order valence-corrected chi connectivity index (χ0v) is 14.6. The van der Waals surface area contributed by atoms with Gasteiger partial charge in [0.05, 0.1) is 16.0 Å². The van der Waals surface area contributed by atoms with Crippen molar-refractivity contribution in [3.8, 4) is 0 Å². The summed E-state index contributed by atoms with van der Waals surface area (Å²) in [6.07, 6.45) is 1.72. The van der Waals surface area contributed by atoms with E-state index in [1.54, 1.807) is 25.1 Å². The lowest BCUT2D eigenvalue weighted by Crippen LogP contribution is -2.41. The summed E-state index contributed by atoms with van der Waals surface area (Å²) in [5.74, 6) is 0.189. The predicted molar refractivity (Wildman–Crippen MR) is 89.4 cm³/mol. The number of aliphatic carboxylic acids is 1.